The van der Waals surface area contributed by atoms with Crippen LogP contribution in [0, 0.1) is 0 Å². The van der Waals surface area contributed by atoms with Gasteiger partial charge in [-0.15, -0.1) is 0 Å². The van der Waals surface area contributed by atoms with Crippen LogP contribution in [0.15, 0.2) is 108 Å². The van der Waals surface area contributed by atoms with Crippen molar-refractivity contribution in [3.05, 3.63) is 119 Å². The Morgan fingerprint density at radius 2 is 1.80 bits per heavy atom. The molecule has 2 aliphatic heterocycles. The van der Waals surface area contributed by atoms with Gasteiger partial charge in [-0.1, -0.05) is 49.0 Å². The molecule has 2 aromatic heterocycles. The largest absolute Gasteiger partial charge is 0.489 e. The normalized spacial score (nSPS) is 18.2. The van der Waals surface area contributed by atoms with Gasteiger partial charge in [-0.05, 0) is 92.7 Å². The number of nitrogens with zero attached hydrogens (tertiary/aromatic N) is 4. The summed E-state index contributed by atoms with van der Waals surface area (Å²) in [6.45, 7) is 9.19. The van der Waals surface area contributed by atoms with Crippen molar-refractivity contribution in [2.24, 2.45) is 0 Å². The average molecular weight is 599 g/mol. The van der Waals surface area contributed by atoms with Gasteiger partial charge < -0.3 is 20.3 Å². The summed E-state index contributed by atoms with van der Waals surface area (Å²) in [6.07, 6.45) is 6.41. The number of hydrogen-bond donors (Lipinski definition) is 2. The number of fused-ring (bicyclic) bond motifs is 1. The van der Waals surface area contributed by atoms with E-state index >= 15 is 0 Å². The number of para-hydroxylation sites is 1. The molecule has 2 saturated heterocycles. The van der Waals surface area contributed by atoms with Crippen LogP contribution in [0.1, 0.15) is 44.2 Å². The first-order chi connectivity index (χ1) is 22.0. The molecule has 0 saturated carbocycles. The highest BCUT2D eigenvalue weighted by Crippen LogP contribution is 2.35. The van der Waals surface area contributed by atoms with Crippen molar-refractivity contribution in [1.29, 1.82) is 0 Å². The molecule has 0 bridgehead atoms. The van der Waals surface area contributed by atoms with E-state index < -0.39 is 0 Å². The maximum absolute atomic E-state index is 14.2. The molecular weight excluding hydrogens is 560 g/mol. The van der Waals surface area contributed by atoms with Crippen molar-refractivity contribution >= 4 is 22.7 Å². The highest BCUT2D eigenvalue weighted by atomic mass is 16.5. The topological polar surface area (TPSA) is 84.3 Å². The molecule has 2 fully saturated rings. The van der Waals surface area contributed by atoms with Crippen LogP contribution < -0.4 is 20.9 Å². The lowest BCUT2D eigenvalue weighted by molar-refractivity contribution is 0.167. The molecular formula is C37H38N6O2. The molecule has 0 spiro atoms. The molecule has 2 unspecified atom stereocenters. The van der Waals surface area contributed by atoms with Gasteiger partial charge in [0.1, 0.15) is 11.9 Å². The summed E-state index contributed by atoms with van der Waals surface area (Å²) in [5.41, 5.74) is 5.80. The van der Waals surface area contributed by atoms with Gasteiger partial charge >= 0.3 is 0 Å². The molecule has 3 aromatic carbocycles. The monoisotopic (exact) mass is 598 g/mol. The van der Waals surface area contributed by atoms with Gasteiger partial charge in [0.15, 0.2) is 5.65 Å². The summed E-state index contributed by atoms with van der Waals surface area (Å²) < 4.78 is 7.81. The number of aromatic nitrogens is 3. The number of allylic oxidation sites excluding steroid dienone is 1. The van der Waals surface area contributed by atoms with Crippen molar-refractivity contribution in [2.75, 3.05) is 25.0 Å². The van der Waals surface area contributed by atoms with E-state index in [2.05, 4.69) is 58.3 Å². The number of rotatable bonds is 8. The molecule has 4 heterocycles. The van der Waals surface area contributed by atoms with E-state index in [1.165, 1.54) is 5.56 Å². The highest BCUT2D eigenvalue weighted by molar-refractivity contribution is 5.83. The summed E-state index contributed by atoms with van der Waals surface area (Å²) >= 11 is 0. The minimum atomic E-state index is -0.130. The molecule has 228 valence electrons. The standard InChI is InChI=1S/C37H38N6O2/c1-25(2)42-21-7-11-34(42)27-14-12-26(13-15-27)33-22-28-23-39-37(41-35(28)43(36(33)44)30-8-4-3-5-9-30)40-29-16-18-31(19-17-29)45-32-10-6-20-38-24-32/h3-5,8-9,12-19,22-23,32,34,38H,1,6-7,10-11,20-21,24H2,2H3,(H,39,40,41). The van der Waals surface area contributed by atoms with E-state index in [4.69, 9.17) is 9.72 Å². The van der Waals surface area contributed by atoms with E-state index in [1.54, 1.807) is 10.8 Å². The molecule has 7 rings (SSSR count). The Morgan fingerprint density at radius 3 is 2.53 bits per heavy atom. The molecule has 45 heavy (non-hydrogen) atoms. The number of nitrogens with one attached hydrogen (secondary N) is 2. The molecule has 0 radical (unpaired) electrons. The fourth-order valence-electron chi connectivity index (χ4n) is 6.49. The number of piperidine rings is 1. The second kappa shape index (κ2) is 12.6. The van der Waals surface area contributed by atoms with E-state index in [0.29, 0.717) is 23.2 Å². The number of anilines is 2. The third kappa shape index (κ3) is 6.06. The summed E-state index contributed by atoms with van der Waals surface area (Å²) in [5, 5.41) is 7.46. The fraction of sp³-hybridized carbons (Fsp3) is 0.270. The van der Waals surface area contributed by atoms with Crippen LogP contribution in [0.4, 0.5) is 11.6 Å². The summed E-state index contributed by atoms with van der Waals surface area (Å²) in [7, 11) is 0. The molecule has 0 amide bonds. The minimum Gasteiger partial charge on any atom is -0.489 e. The van der Waals surface area contributed by atoms with Crippen molar-refractivity contribution < 1.29 is 4.74 Å². The van der Waals surface area contributed by atoms with Crippen LogP contribution in [-0.2, 0) is 0 Å². The van der Waals surface area contributed by atoms with E-state index in [1.807, 2.05) is 60.7 Å². The maximum Gasteiger partial charge on any atom is 0.264 e. The molecule has 8 heteroatoms. The quantitative estimate of drug-likeness (QED) is 0.199. The van der Waals surface area contributed by atoms with Crippen LogP contribution in [0.25, 0.3) is 27.8 Å². The predicted octanol–water partition coefficient (Wildman–Crippen LogP) is 6.99. The van der Waals surface area contributed by atoms with Crippen molar-refractivity contribution in [1.82, 2.24) is 24.8 Å². The summed E-state index contributed by atoms with van der Waals surface area (Å²) in [4.78, 5) is 26.0. The lowest BCUT2D eigenvalue weighted by Crippen LogP contribution is -2.37. The van der Waals surface area contributed by atoms with Crippen LogP contribution in [-0.4, -0.2) is 45.2 Å². The maximum atomic E-state index is 14.2. The number of ether oxygens (including phenoxy) is 1. The Bertz CT molecular complexity index is 1860. The molecule has 2 N–H and O–H groups in total. The third-order valence-electron chi connectivity index (χ3n) is 8.77. The molecule has 5 aromatic rings. The number of benzene rings is 3. The zero-order valence-electron chi connectivity index (χ0n) is 25.6. The van der Waals surface area contributed by atoms with Gasteiger partial charge in [0.05, 0.1) is 11.7 Å². The average Bonchev–Trinajstić information content (AvgIpc) is 3.57. The van der Waals surface area contributed by atoms with Crippen LogP contribution >= 0.6 is 0 Å². The second-order valence-electron chi connectivity index (χ2n) is 12.0. The predicted molar refractivity (Wildman–Crippen MR) is 180 cm³/mol. The van der Waals surface area contributed by atoms with Gasteiger partial charge in [0, 0.05) is 41.6 Å². The second-order valence-corrected chi connectivity index (χ2v) is 12.0. The summed E-state index contributed by atoms with van der Waals surface area (Å²) in [6, 6.07) is 28.1. The highest BCUT2D eigenvalue weighted by Gasteiger charge is 2.25. The van der Waals surface area contributed by atoms with Gasteiger partial charge in [0.25, 0.3) is 5.56 Å². The zero-order valence-corrected chi connectivity index (χ0v) is 25.6. The Balaban J connectivity index is 1.20. The van der Waals surface area contributed by atoms with E-state index in [0.717, 1.165) is 79.1 Å². The van der Waals surface area contributed by atoms with Gasteiger partial charge in [-0.25, -0.2) is 4.98 Å². The van der Waals surface area contributed by atoms with Gasteiger partial charge in [-0.3, -0.25) is 9.36 Å². The smallest absolute Gasteiger partial charge is 0.264 e. The summed E-state index contributed by atoms with van der Waals surface area (Å²) in [5.74, 6) is 1.25. The Labute approximate surface area is 263 Å². The third-order valence-corrected chi connectivity index (χ3v) is 8.77. The minimum absolute atomic E-state index is 0.130. The molecule has 8 nitrogen and oxygen atoms in total. The molecule has 2 aliphatic rings. The van der Waals surface area contributed by atoms with Crippen LogP contribution in [0.2, 0.25) is 0 Å². The van der Waals surface area contributed by atoms with Crippen LogP contribution in [0.5, 0.6) is 5.75 Å². The lowest BCUT2D eigenvalue weighted by atomic mass is 9.99. The van der Waals surface area contributed by atoms with E-state index in [-0.39, 0.29) is 11.7 Å². The zero-order chi connectivity index (χ0) is 30.8. The van der Waals surface area contributed by atoms with Crippen molar-refractivity contribution in [2.45, 2.75) is 44.8 Å². The fourth-order valence-corrected chi connectivity index (χ4v) is 6.49. The number of hydrogen-bond acceptors (Lipinski definition) is 7. The first kappa shape index (κ1) is 28.8. The Kier molecular flexibility index (Phi) is 8.05. The molecule has 2 atom stereocenters. The van der Waals surface area contributed by atoms with Crippen LogP contribution in [0.3, 0.4) is 0 Å². The van der Waals surface area contributed by atoms with Crippen molar-refractivity contribution in [3.8, 4) is 22.6 Å². The lowest BCUT2D eigenvalue weighted by Gasteiger charge is -2.27. The first-order valence-corrected chi connectivity index (χ1v) is 15.8. The number of pyridine rings is 1. The first-order valence-electron chi connectivity index (χ1n) is 15.8. The molecule has 0 aliphatic carbocycles. The number of likely N-dealkylation sites (tertiary alicyclic amines) is 1. The van der Waals surface area contributed by atoms with Gasteiger partial charge in [0.2, 0.25) is 5.95 Å². The van der Waals surface area contributed by atoms with Crippen molar-refractivity contribution in [3.63, 3.8) is 0 Å². The Hall–Kier alpha value is -4.95. The Morgan fingerprint density at radius 1 is 1.00 bits per heavy atom. The van der Waals surface area contributed by atoms with E-state index in [9.17, 15) is 4.79 Å². The SMILES string of the molecule is C=C(C)N1CCCC1c1ccc(-c2cc3cnc(Nc4ccc(OC5CCCNC5)cc4)nc3n(-c3ccccc3)c2=O)cc1. The van der Waals surface area contributed by atoms with Gasteiger partial charge in [-0.2, -0.15) is 4.98 Å².